The minimum absolute atomic E-state index is 0.220. The molecule has 7 heteroatoms. The third-order valence-electron chi connectivity index (χ3n) is 3.78. The van der Waals surface area contributed by atoms with Crippen LogP contribution in [-0.2, 0) is 10.0 Å². The highest BCUT2D eigenvalue weighted by Crippen LogP contribution is 2.19. The van der Waals surface area contributed by atoms with Gasteiger partial charge in [0.1, 0.15) is 10.7 Å². The Hall–Kier alpha value is -1.18. The molecule has 1 aromatic heterocycles. The number of nitrogens with zero attached hydrogens (tertiary/aromatic N) is 2. The average molecular weight is 312 g/mol. The second-order valence-electron chi connectivity index (χ2n) is 5.28. The molecule has 1 atom stereocenters. The average Bonchev–Trinajstić information content (AvgIpc) is 2.94. The Kier molecular flexibility index (Phi) is 5.55. The first-order valence-electron chi connectivity index (χ1n) is 7.47. The van der Waals surface area contributed by atoms with E-state index in [9.17, 15) is 8.42 Å². The van der Waals surface area contributed by atoms with Gasteiger partial charge < -0.3 is 10.2 Å². The van der Waals surface area contributed by atoms with E-state index in [-0.39, 0.29) is 4.90 Å². The predicted molar refractivity (Wildman–Crippen MR) is 83.8 cm³/mol. The Balaban J connectivity index is 2.02. The first kappa shape index (κ1) is 16.2. The third kappa shape index (κ3) is 4.15. The molecule has 1 unspecified atom stereocenters. The number of nitrogens with one attached hydrogen (secondary N) is 2. The number of hydrogen-bond donors (Lipinski definition) is 2. The summed E-state index contributed by atoms with van der Waals surface area (Å²) in [5, 5.41) is 2.99. The van der Waals surface area contributed by atoms with E-state index in [1.54, 1.807) is 18.3 Å². The van der Waals surface area contributed by atoms with Crippen LogP contribution in [0.25, 0.3) is 0 Å². The van der Waals surface area contributed by atoms with Crippen LogP contribution in [0.2, 0.25) is 0 Å². The maximum atomic E-state index is 12.4. The normalized spacial score (nSPS) is 19.8. The lowest BCUT2D eigenvalue weighted by Gasteiger charge is -2.15. The Morgan fingerprint density at radius 2 is 2.24 bits per heavy atom. The summed E-state index contributed by atoms with van der Waals surface area (Å²) < 4.78 is 27.6. The molecule has 1 aliphatic heterocycles. The van der Waals surface area contributed by atoms with E-state index in [0.717, 1.165) is 26.1 Å². The van der Waals surface area contributed by atoms with E-state index in [2.05, 4.69) is 26.8 Å². The van der Waals surface area contributed by atoms with E-state index < -0.39 is 10.0 Å². The number of hydrogen-bond acceptors (Lipinski definition) is 5. The van der Waals surface area contributed by atoms with Crippen molar-refractivity contribution in [1.82, 2.24) is 14.6 Å². The zero-order valence-electron chi connectivity index (χ0n) is 12.7. The van der Waals surface area contributed by atoms with Crippen molar-refractivity contribution in [3.8, 4) is 0 Å². The quantitative estimate of drug-likeness (QED) is 0.789. The SMILES string of the molecule is CCNc1ncccc1S(=O)(=O)NCC1CCN(CC)C1. The van der Waals surface area contributed by atoms with Crippen LogP contribution in [0.1, 0.15) is 20.3 Å². The molecule has 1 aliphatic rings. The lowest BCUT2D eigenvalue weighted by atomic mass is 10.1. The summed E-state index contributed by atoms with van der Waals surface area (Å²) in [6, 6.07) is 3.23. The maximum Gasteiger partial charge on any atom is 0.244 e. The van der Waals surface area contributed by atoms with Crippen LogP contribution in [-0.4, -0.2) is 51.0 Å². The number of rotatable bonds is 7. The van der Waals surface area contributed by atoms with Gasteiger partial charge in [0.2, 0.25) is 10.0 Å². The van der Waals surface area contributed by atoms with Crippen molar-refractivity contribution < 1.29 is 8.42 Å². The molecule has 1 fully saturated rings. The molecular formula is C14H24N4O2S. The largest absolute Gasteiger partial charge is 0.369 e. The fourth-order valence-corrected chi connectivity index (χ4v) is 3.83. The van der Waals surface area contributed by atoms with E-state index in [4.69, 9.17) is 0 Å². The molecule has 2 heterocycles. The van der Waals surface area contributed by atoms with Crippen LogP contribution in [0.3, 0.4) is 0 Å². The Labute approximate surface area is 127 Å². The molecule has 0 aliphatic carbocycles. The predicted octanol–water partition coefficient (Wildman–Crippen LogP) is 1.13. The number of sulfonamides is 1. The van der Waals surface area contributed by atoms with Gasteiger partial charge in [-0.3, -0.25) is 0 Å². The molecule has 2 rings (SSSR count). The number of anilines is 1. The van der Waals surface area contributed by atoms with Crippen molar-refractivity contribution >= 4 is 15.8 Å². The Morgan fingerprint density at radius 1 is 1.43 bits per heavy atom. The smallest absolute Gasteiger partial charge is 0.244 e. The summed E-state index contributed by atoms with van der Waals surface area (Å²) in [6.07, 6.45) is 2.64. The van der Waals surface area contributed by atoms with Crippen molar-refractivity contribution in [3.63, 3.8) is 0 Å². The van der Waals surface area contributed by atoms with Gasteiger partial charge in [-0.25, -0.2) is 18.1 Å². The summed E-state index contributed by atoms with van der Waals surface area (Å²) in [4.78, 5) is 6.66. The second kappa shape index (κ2) is 7.20. The van der Waals surface area contributed by atoms with Crippen LogP contribution in [0.5, 0.6) is 0 Å². The second-order valence-corrected chi connectivity index (χ2v) is 7.02. The van der Waals surface area contributed by atoms with E-state index in [1.807, 2.05) is 6.92 Å². The highest BCUT2D eigenvalue weighted by atomic mass is 32.2. The summed E-state index contributed by atoms with van der Waals surface area (Å²) in [5.41, 5.74) is 0. The molecule has 0 bridgehead atoms. The topological polar surface area (TPSA) is 74.3 Å². The highest BCUT2D eigenvalue weighted by Gasteiger charge is 2.24. The fourth-order valence-electron chi connectivity index (χ4n) is 2.58. The first-order valence-corrected chi connectivity index (χ1v) is 8.96. The molecule has 0 saturated carbocycles. The molecule has 21 heavy (non-hydrogen) atoms. The zero-order chi connectivity index (χ0) is 15.3. The molecule has 0 spiro atoms. The minimum atomic E-state index is -3.52. The molecular weight excluding hydrogens is 288 g/mol. The van der Waals surface area contributed by atoms with Crippen molar-refractivity contribution in [3.05, 3.63) is 18.3 Å². The van der Waals surface area contributed by atoms with Crippen LogP contribution in [0.4, 0.5) is 5.82 Å². The van der Waals surface area contributed by atoms with Gasteiger partial charge >= 0.3 is 0 Å². The van der Waals surface area contributed by atoms with Crippen molar-refractivity contribution in [2.75, 3.05) is 38.0 Å². The number of likely N-dealkylation sites (tertiary alicyclic amines) is 1. The van der Waals surface area contributed by atoms with Gasteiger partial charge in [0.15, 0.2) is 0 Å². The maximum absolute atomic E-state index is 12.4. The highest BCUT2D eigenvalue weighted by molar-refractivity contribution is 7.89. The first-order chi connectivity index (χ1) is 10.1. The molecule has 0 aromatic carbocycles. The lowest BCUT2D eigenvalue weighted by Crippen LogP contribution is -2.31. The molecule has 118 valence electrons. The molecule has 1 aromatic rings. The third-order valence-corrected chi connectivity index (χ3v) is 5.24. The van der Waals surface area contributed by atoms with Crippen LogP contribution in [0.15, 0.2) is 23.2 Å². The summed E-state index contributed by atoms with van der Waals surface area (Å²) in [6.45, 7) is 8.20. The molecule has 0 amide bonds. The van der Waals surface area contributed by atoms with Crippen molar-refractivity contribution in [1.29, 1.82) is 0 Å². The van der Waals surface area contributed by atoms with E-state index >= 15 is 0 Å². The lowest BCUT2D eigenvalue weighted by molar-refractivity contribution is 0.342. The monoisotopic (exact) mass is 312 g/mol. The minimum Gasteiger partial charge on any atom is -0.369 e. The molecule has 2 N–H and O–H groups in total. The number of pyridine rings is 1. The van der Waals surface area contributed by atoms with Crippen LogP contribution < -0.4 is 10.0 Å². The van der Waals surface area contributed by atoms with Gasteiger partial charge in [0, 0.05) is 25.8 Å². The standard InChI is InChI=1S/C14H24N4O2S/c1-3-15-14-13(6-5-8-16-14)21(19,20)17-10-12-7-9-18(4-2)11-12/h5-6,8,12,17H,3-4,7,9-11H2,1-2H3,(H,15,16). The molecule has 1 saturated heterocycles. The van der Waals surface area contributed by atoms with E-state index in [1.165, 1.54) is 0 Å². The van der Waals surface area contributed by atoms with Gasteiger partial charge in [-0.2, -0.15) is 0 Å². The Bertz CT molecular complexity index is 562. The van der Waals surface area contributed by atoms with Gasteiger partial charge in [-0.05, 0) is 44.5 Å². The number of aromatic nitrogens is 1. The van der Waals surface area contributed by atoms with Gasteiger partial charge in [-0.15, -0.1) is 0 Å². The van der Waals surface area contributed by atoms with Crippen molar-refractivity contribution in [2.45, 2.75) is 25.2 Å². The summed E-state index contributed by atoms with van der Waals surface area (Å²) in [5.74, 6) is 0.799. The Morgan fingerprint density at radius 3 is 2.90 bits per heavy atom. The van der Waals surface area contributed by atoms with Crippen molar-refractivity contribution in [2.24, 2.45) is 5.92 Å². The van der Waals surface area contributed by atoms with Gasteiger partial charge in [-0.1, -0.05) is 6.92 Å². The summed E-state index contributed by atoms with van der Waals surface area (Å²) >= 11 is 0. The van der Waals surface area contributed by atoms with Crippen LogP contribution in [0, 0.1) is 5.92 Å². The molecule has 6 nitrogen and oxygen atoms in total. The van der Waals surface area contributed by atoms with Gasteiger partial charge in [0.05, 0.1) is 0 Å². The van der Waals surface area contributed by atoms with Crippen LogP contribution >= 0.6 is 0 Å². The zero-order valence-corrected chi connectivity index (χ0v) is 13.5. The van der Waals surface area contributed by atoms with Gasteiger partial charge in [0.25, 0.3) is 0 Å². The van der Waals surface area contributed by atoms with E-state index in [0.29, 0.717) is 24.8 Å². The molecule has 0 radical (unpaired) electrons. The fraction of sp³-hybridized carbons (Fsp3) is 0.643. The summed E-state index contributed by atoms with van der Waals surface area (Å²) in [7, 11) is -3.52.